The molecule has 106 valence electrons. The van der Waals surface area contributed by atoms with Crippen molar-refractivity contribution < 1.29 is 4.42 Å². The third-order valence-electron chi connectivity index (χ3n) is 3.81. The molecule has 0 amide bonds. The molecule has 20 heavy (non-hydrogen) atoms. The van der Waals surface area contributed by atoms with Crippen molar-refractivity contribution in [2.75, 3.05) is 31.1 Å². The Kier molecular flexibility index (Phi) is 4.38. The maximum absolute atomic E-state index is 5.96. The lowest BCUT2D eigenvalue weighted by Gasteiger charge is -2.26. The SMILES string of the molecule is c1ccc(CCCc2ccc(N3CCNCC3)o2)cc1. The van der Waals surface area contributed by atoms with Gasteiger partial charge in [-0.1, -0.05) is 30.3 Å². The molecule has 1 fully saturated rings. The summed E-state index contributed by atoms with van der Waals surface area (Å²) in [6.45, 7) is 4.17. The summed E-state index contributed by atoms with van der Waals surface area (Å²) in [7, 11) is 0. The minimum Gasteiger partial charge on any atom is -0.446 e. The molecule has 3 nitrogen and oxygen atoms in total. The Hall–Kier alpha value is -1.74. The van der Waals surface area contributed by atoms with Gasteiger partial charge in [0.05, 0.1) is 0 Å². The molecule has 0 saturated carbocycles. The van der Waals surface area contributed by atoms with Gasteiger partial charge in [0.15, 0.2) is 5.88 Å². The number of benzene rings is 1. The van der Waals surface area contributed by atoms with Crippen molar-refractivity contribution in [3.63, 3.8) is 0 Å². The van der Waals surface area contributed by atoms with Crippen LogP contribution >= 0.6 is 0 Å². The normalized spacial score (nSPS) is 15.5. The van der Waals surface area contributed by atoms with Crippen molar-refractivity contribution in [2.45, 2.75) is 19.3 Å². The highest BCUT2D eigenvalue weighted by molar-refractivity contribution is 5.37. The van der Waals surface area contributed by atoms with E-state index in [0.717, 1.165) is 57.1 Å². The number of furan rings is 1. The van der Waals surface area contributed by atoms with Gasteiger partial charge in [-0.3, -0.25) is 0 Å². The summed E-state index contributed by atoms with van der Waals surface area (Å²) in [6, 6.07) is 14.9. The average molecular weight is 270 g/mol. The number of hydrogen-bond donors (Lipinski definition) is 1. The molecular weight excluding hydrogens is 248 g/mol. The Morgan fingerprint density at radius 1 is 0.950 bits per heavy atom. The van der Waals surface area contributed by atoms with Gasteiger partial charge in [0.2, 0.25) is 0 Å². The van der Waals surface area contributed by atoms with E-state index < -0.39 is 0 Å². The molecule has 2 aromatic rings. The zero-order valence-corrected chi connectivity index (χ0v) is 11.8. The Labute approximate surface area is 120 Å². The van der Waals surface area contributed by atoms with Crippen LogP contribution in [0.1, 0.15) is 17.7 Å². The number of piperazine rings is 1. The minimum absolute atomic E-state index is 1.01. The Balaban J connectivity index is 1.50. The van der Waals surface area contributed by atoms with Crippen LogP contribution in [0, 0.1) is 0 Å². The van der Waals surface area contributed by atoms with E-state index in [9.17, 15) is 0 Å². The Morgan fingerprint density at radius 3 is 2.55 bits per heavy atom. The topological polar surface area (TPSA) is 28.4 Å². The first-order chi connectivity index (χ1) is 9.92. The van der Waals surface area contributed by atoms with Gasteiger partial charge in [-0.25, -0.2) is 0 Å². The first-order valence-electron chi connectivity index (χ1n) is 7.50. The summed E-state index contributed by atoms with van der Waals surface area (Å²) in [5.74, 6) is 2.13. The number of hydrogen-bond acceptors (Lipinski definition) is 3. The van der Waals surface area contributed by atoms with E-state index in [0.29, 0.717) is 0 Å². The largest absolute Gasteiger partial charge is 0.446 e. The summed E-state index contributed by atoms with van der Waals surface area (Å²) in [4.78, 5) is 2.32. The van der Waals surface area contributed by atoms with Gasteiger partial charge in [0.25, 0.3) is 0 Å². The summed E-state index contributed by atoms with van der Waals surface area (Å²) >= 11 is 0. The van der Waals surface area contributed by atoms with E-state index >= 15 is 0 Å². The van der Waals surface area contributed by atoms with Crippen molar-refractivity contribution in [3.05, 3.63) is 53.8 Å². The van der Waals surface area contributed by atoms with Crippen molar-refractivity contribution in [1.29, 1.82) is 0 Å². The highest BCUT2D eigenvalue weighted by Crippen LogP contribution is 2.20. The van der Waals surface area contributed by atoms with Crippen molar-refractivity contribution >= 4 is 5.88 Å². The lowest BCUT2D eigenvalue weighted by molar-refractivity contribution is 0.472. The van der Waals surface area contributed by atoms with Crippen molar-refractivity contribution in [3.8, 4) is 0 Å². The molecule has 0 spiro atoms. The number of nitrogens with one attached hydrogen (secondary N) is 1. The van der Waals surface area contributed by atoms with E-state index in [1.807, 2.05) is 0 Å². The van der Waals surface area contributed by atoms with E-state index in [4.69, 9.17) is 4.42 Å². The highest BCUT2D eigenvalue weighted by atomic mass is 16.4. The van der Waals surface area contributed by atoms with Gasteiger partial charge in [0.1, 0.15) is 5.76 Å². The first-order valence-corrected chi connectivity index (χ1v) is 7.50. The molecule has 1 aromatic heterocycles. The summed E-state index contributed by atoms with van der Waals surface area (Å²) in [5.41, 5.74) is 1.40. The lowest BCUT2D eigenvalue weighted by atomic mass is 10.1. The second-order valence-electron chi connectivity index (χ2n) is 5.32. The van der Waals surface area contributed by atoms with Gasteiger partial charge in [0, 0.05) is 38.7 Å². The Bertz CT molecular complexity index is 515. The van der Waals surface area contributed by atoms with Crippen LogP contribution in [0.5, 0.6) is 0 Å². The zero-order valence-electron chi connectivity index (χ0n) is 11.8. The van der Waals surface area contributed by atoms with Crippen LogP contribution in [-0.2, 0) is 12.8 Å². The van der Waals surface area contributed by atoms with Crippen LogP contribution in [0.15, 0.2) is 46.9 Å². The van der Waals surface area contributed by atoms with E-state index in [-0.39, 0.29) is 0 Å². The van der Waals surface area contributed by atoms with Gasteiger partial charge in [-0.15, -0.1) is 0 Å². The molecule has 1 aliphatic heterocycles. The predicted molar refractivity (Wildman–Crippen MR) is 82.3 cm³/mol. The molecule has 0 bridgehead atoms. The summed E-state index contributed by atoms with van der Waals surface area (Å²) in [5, 5.41) is 3.36. The molecule has 1 N–H and O–H groups in total. The molecular formula is C17H22N2O. The first kappa shape index (κ1) is 13.3. The Morgan fingerprint density at radius 2 is 1.75 bits per heavy atom. The fourth-order valence-electron chi connectivity index (χ4n) is 2.67. The fourth-order valence-corrected chi connectivity index (χ4v) is 2.67. The maximum Gasteiger partial charge on any atom is 0.195 e. The maximum atomic E-state index is 5.96. The van der Waals surface area contributed by atoms with Crippen molar-refractivity contribution in [1.82, 2.24) is 5.32 Å². The van der Waals surface area contributed by atoms with Crippen LogP contribution < -0.4 is 10.2 Å². The highest BCUT2D eigenvalue weighted by Gasteiger charge is 2.13. The van der Waals surface area contributed by atoms with Gasteiger partial charge >= 0.3 is 0 Å². The quantitative estimate of drug-likeness (QED) is 0.905. The van der Waals surface area contributed by atoms with E-state index in [1.54, 1.807) is 0 Å². The monoisotopic (exact) mass is 270 g/mol. The third kappa shape index (κ3) is 3.42. The van der Waals surface area contributed by atoms with Gasteiger partial charge < -0.3 is 14.6 Å². The predicted octanol–water partition coefficient (Wildman–Crippen LogP) is 2.86. The van der Waals surface area contributed by atoms with Gasteiger partial charge in [-0.2, -0.15) is 0 Å². The molecule has 3 heteroatoms. The number of nitrogens with zero attached hydrogens (tertiary/aromatic N) is 1. The standard InChI is InChI=1S/C17H22N2O/c1-2-5-15(6-3-1)7-4-8-16-9-10-17(20-16)19-13-11-18-12-14-19/h1-3,5-6,9-10,18H,4,7-8,11-14H2. The number of aryl methyl sites for hydroxylation is 2. The lowest BCUT2D eigenvalue weighted by Crippen LogP contribution is -2.43. The second-order valence-corrected chi connectivity index (χ2v) is 5.32. The van der Waals surface area contributed by atoms with Crippen LogP contribution in [0.4, 0.5) is 5.88 Å². The van der Waals surface area contributed by atoms with Crippen molar-refractivity contribution in [2.24, 2.45) is 0 Å². The van der Waals surface area contributed by atoms with Gasteiger partial charge in [-0.05, 0) is 24.5 Å². The van der Waals surface area contributed by atoms with Crippen LogP contribution in [0.3, 0.4) is 0 Å². The summed E-state index contributed by atoms with van der Waals surface area (Å²) < 4.78 is 5.96. The molecule has 3 rings (SSSR count). The average Bonchev–Trinajstić information content (AvgIpc) is 2.98. The molecule has 2 heterocycles. The molecule has 1 saturated heterocycles. The molecule has 0 unspecified atom stereocenters. The molecule has 1 aromatic carbocycles. The second kappa shape index (κ2) is 6.62. The molecule has 1 aliphatic rings. The number of anilines is 1. The number of rotatable bonds is 5. The summed E-state index contributed by atoms with van der Waals surface area (Å²) in [6.07, 6.45) is 3.27. The minimum atomic E-state index is 1.01. The molecule has 0 atom stereocenters. The van der Waals surface area contributed by atoms with Crippen LogP contribution in [0.2, 0.25) is 0 Å². The van der Waals surface area contributed by atoms with Crippen LogP contribution in [0.25, 0.3) is 0 Å². The third-order valence-corrected chi connectivity index (χ3v) is 3.81. The molecule has 0 aliphatic carbocycles. The van der Waals surface area contributed by atoms with E-state index in [1.165, 1.54) is 5.56 Å². The van der Waals surface area contributed by atoms with Crippen LogP contribution in [-0.4, -0.2) is 26.2 Å². The smallest absolute Gasteiger partial charge is 0.195 e. The molecule has 0 radical (unpaired) electrons. The zero-order chi connectivity index (χ0) is 13.6. The van der Waals surface area contributed by atoms with E-state index in [2.05, 4.69) is 52.7 Å². The fraction of sp³-hybridized carbons (Fsp3) is 0.412.